The minimum absolute atomic E-state index is 0.0939. The van der Waals surface area contributed by atoms with Gasteiger partial charge in [-0.1, -0.05) is 18.1 Å². The van der Waals surface area contributed by atoms with Crippen LogP contribution in [-0.2, 0) is 17.8 Å². The minimum atomic E-state index is -0.0939. The molecule has 0 saturated carbocycles. The van der Waals surface area contributed by atoms with E-state index in [1.54, 1.807) is 11.3 Å². The van der Waals surface area contributed by atoms with Crippen LogP contribution in [0.3, 0.4) is 0 Å². The van der Waals surface area contributed by atoms with Crippen LogP contribution in [0.4, 0.5) is 5.13 Å². The van der Waals surface area contributed by atoms with E-state index in [0.717, 1.165) is 36.1 Å². The molecule has 0 unspecified atom stereocenters. The lowest BCUT2D eigenvalue weighted by Crippen LogP contribution is -2.32. The van der Waals surface area contributed by atoms with Crippen LogP contribution in [0.25, 0.3) is 10.7 Å². The lowest BCUT2D eigenvalue weighted by Gasteiger charge is -2.29. The molecule has 1 amide bonds. The van der Waals surface area contributed by atoms with Crippen LogP contribution >= 0.6 is 22.7 Å². The summed E-state index contributed by atoms with van der Waals surface area (Å²) >= 11 is 3.03. The molecule has 3 aromatic heterocycles. The summed E-state index contributed by atoms with van der Waals surface area (Å²) in [5, 5.41) is 11.5. The van der Waals surface area contributed by atoms with Crippen LogP contribution in [0.1, 0.15) is 37.8 Å². The number of amides is 1. The second-order valence-corrected chi connectivity index (χ2v) is 8.95. The predicted molar refractivity (Wildman–Crippen MR) is 110 cm³/mol. The van der Waals surface area contributed by atoms with Crippen molar-refractivity contribution in [3.63, 3.8) is 0 Å². The maximum absolute atomic E-state index is 12.2. The van der Waals surface area contributed by atoms with Gasteiger partial charge in [-0.05, 0) is 43.3 Å². The number of piperidine rings is 1. The monoisotopic (exact) mass is 417 g/mol. The third-order valence-corrected chi connectivity index (χ3v) is 6.51. The summed E-state index contributed by atoms with van der Waals surface area (Å²) in [5.41, 5.74) is 1.02. The maximum Gasteiger partial charge on any atom is 0.227 e. The summed E-state index contributed by atoms with van der Waals surface area (Å²) in [5.74, 6) is 1.77. The van der Waals surface area contributed by atoms with Crippen molar-refractivity contribution in [1.29, 1.82) is 0 Å². The molecule has 0 aromatic carbocycles. The van der Waals surface area contributed by atoms with E-state index in [0.29, 0.717) is 23.3 Å². The number of thiophene rings is 1. The Bertz CT molecular complexity index is 897. The molecule has 9 heteroatoms. The highest BCUT2D eigenvalue weighted by molar-refractivity contribution is 7.14. The normalized spacial score (nSPS) is 15.8. The summed E-state index contributed by atoms with van der Waals surface area (Å²) in [6.07, 6.45) is 3.19. The van der Waals surface area contributed by atoms with Gasteiger partial charge in [0.2, 0.25) is 17.6 Å². The first-order valence-corrected chi connectivity index (χ1v) is 11.2. The standard InChI is InChI=1S/C19H23N5O2S2/c1-13-6-8-24(9-7-13)11-14-12-28-19(20-14)21-16(25)4-5-17-22-18(23-26-17)15-3-2-10-27-15/h2-3,10,12-13H,4-9,11H2,1H3,(H,20,21,25). The van der Waals surface area contributed by atoms with Crippen molar-refractivity contribution in [3.05, 3.63) is 34.5 Å². The zero-order valence-corrected chi connectivity index (χ0v) is 17.4. The molecule has 0 bridgehead atoms. The van der Waals surface area contributed by atoms with Gasteiger partial charge in [0, 0.05) is 24.8 Å². The number of carbonyl (C=O) groups excluding carboxylic acids is 1. The fourth-order valence-corrected chi connectivity index (χ4v) is 4.52. The Morgan fingerprint density at radius 3 is 2.96 bits per heavy atom. The smallest absolute Gasteiger partial charge is 0.227 e. The molecular formula is C19H23N5O2S2. The number of hydrogen-bond acceptors (Lipinski definition) is 8. The van der Waals surface area contributed by atoms with Gasteiger partial charge in [-0.3, -0.25) is 9.69 Å². The first kappa shape index (κ1) is 19.2. The second kappa shape index (κ2) is 8.93. The van der Waals surface area contributed by atoms with Crippen molar-refractivity contribution in [3.8, 4) is 10.7 Å². The first-order chi connectivity index (χ1) is 13.7. The highest BCUT2D eigenvalue weighted by Crippen LogP contribution is 2.22. The van der Waals surface area contributed by atoms with Crippen LogP contribution in [0.15, 0.2) is 27.4 Å². The van der Waals surface area contributed by atoms with Gasteiger partial charge in [-0.25, -0.2) is 4.98 Å². The molecule has 4 rings (SSSR count). The molecule has 1 aliphatic rings. The number of rotatable bonds is 7. The van der Waals surface area contributed by atoms with Crippen molar-refractivity contribution < 1.29 is 9.32 Å². The van der Waals surface area contributed by atoms with E-state index in [-0.39, 0.29) is 12.3 Å². The molecule has 0 atom stereocenters. The Kier molecular flexibility index (Phi) is 6.13. The highest BCUT2D eigenvalue weighted by Gasteiger charge is 2.17. The van der Waals surface area contributed by atoms with E-state index in [2.05, 4.69) is 32.3 Å². The Labute approximate surface area is 171 Å². The average Bonchev–Trinajstić information content (AvgIpc) is 3.44. The van der Waals surface area contributed by atoms with E-state index in [1.165, 1.54) is 24.2 Å². The van der Waals surface area contributed by atoms with Crippen molar-refractivity contribution in [2.75, 3.05) is 18.4 Å². The van der Waals surface area contributed by atoms with Crippen LogP contribution in [0.2, 0.25) is 0 Å². The molecule has 0 radical (unpaired) electrons. The Morgan fingerprint density at radius 2 is 2.18 bits per heavy atom. The third-order valence-electron chi connectivity index (χ3n) is 4.84. The summed E-state index contributed by atoms with van der Waals surface area (Å²) in [6, 6.07) is 3.88. The van der Waals surface area contributed by atoms with E-state index >= 15 is 0 Å². The molecule has 0 aliphatic carbocycles. The van der Waals surface area contributed by atoms with Crippen molar-refractivity contribution >= 4 is 33.7 Å². The van der Waals surface area contributed by atoms with Gasteiger partial charge in [0.25, 0.3) is 0 Å². The summed E-state index contributed by atoms with van der Waals surface area (Å²) in [4.78, 5) is 24.5. The van der Waals surface area contributed by atoms with Crippen molar-refractivity contribution in [1.82, 2.24) is 20.0 Å². The average molecular weight is 418 g/mol. The van der Waals surface area contributed by atoms with Gasteiger partial charge in [0.1, 0.15) is 0 Å². The Hall–Kier alpha value is -2.10. The summed E-state index contributed by atoms with van der Waals surface area (Å²) < 4.78 is 5.23. The number of nitrogens with zero attached hydrogens (tertiary/aromatic N) is 4. The number of carbonyl (C=O) groups is 1. The topological polar surface area (TPSA) is 84.2 Å². The molecular weight excluding hydrogens is 394 g/mol. The number of aryl methyl sites for hydroxylation is 1. The van der Waals surface area contributed by atoms with Crippen molar-refractivity contribution in [2.24, 2.45) is 5.92 Å². The van der Waals surface area contributed by atoms with Gasteiger partial charge < -0.3 is 9.84 Å². The zero-order chi connectivity index (χ0) is 19.3. The third kappa shape index (κ3) is 5.03. The highest BCUT2D eigenvalue weighted by atomic mass is 32.1. The largest absolute Gasteiger partial charge is 0.339 e. The predicted octanol–water partition coefficient (Wildman–Crippen LogP) is 4.06. The van der Waals surface area contributed by atoms with Gasteiger partial charge in [0.05, 0.1) is 10.6 Å². The summed E-state index contributed by atoms with van der Waals surface area (Å²) in [6.45, 7) is 5.41. The SMILES string of the molecule is CC1CCN(Cc2csc(NC(=O)CCc3nc(-c4cccs4)no3)n2)CC1. The number of thiazole rings is 1. The molecule has 1 aliphatic heterocycles. The van der Waals surface area contributed by atoms with Gasteiger partial charge >= 0.3 is 0 Å². The number of nitrogens with one attached hydrogen (secondary N) is 1. The molecule has 7 nitrogen and oxygen atoms in total. The quantitative estimate of drug-likeness (QED) is 0.624. The molecule has 0 spiro atoms. The lowest BCUT2D eigenvalue weighted by molar-refractivity contribution is -0.116. The lowest BCUT2D eigenvalue weighted by atomic mass is 9.99. The van der Waals surface area contributed by atoms with Crippen LogP contribution in [0.5, 0.6) is 0 Å². The maximum atomic E-state index is 12.2. The fourth-order valence-electron chi connectivity index (χ4n) is 3.15. The molecule has 1 N–H and O–H groups in total. The van der Waals surface area contributed by atoms with Crippen molar-refractivity contribution in [2.45, 2.75) is 39.2 Å². The van der Waals surface area contributed by atoms with Gasteiger partial charge in [-0.2, -0.15) is 4.98 Å². The fraction of sp³-hybridized carbons (Fsp3) is 0.474. The van der Waals surface area contributed by atoms with Gasteiger partial charge in [0.15, 0.2) is 5.13 Å². The number of aromatic nitrogens is 3. The number of hydrogen-bond donors (Lipinski definition) is 1. The molecule has 1 saturated heterocycles. The van der Waals surface area contributed by atoms with Crippen LogP contribution < -0.4 is 5.32 Å². The molecule has 28 heavy (non-hydrogen) atoms. The first-order valence-electron chi connectivity index (χ1n) is 9.49. The van der Waals surface area contributed by atoms with Crippen LogP contribution in [0, 0.1) is 5.92 Å². The van der Waals surface area contributed by atoms with E-state index in [1.807, 2.05) is 22.9 Å². The number of anilines is 1. The molecule has 1 fully saturated rings. The van der Waals surface area contributed by atoms with E-state index in [9.17, 15) is 4.79 Å². The second-order valence-electron chi connectivity index (χ2n) is 7.14. The zero-order valence-electron chi connectivity index (χ0n) is 15.8. The van der Waals surface area contributed by atoms with Crippen LogP contribution in [-0.4, -0.2) is 39.0 Å². The van der Waals surface area contributed by atoms with E-state index in [4.69, 9.17) is 4.52 Å². The van der Waals surface area contributed by atoms with Gasteiger partial charge in [-0.15, -0.1) is 22.7 Å². The van der Waals surface area contributed by atoms with E-state index < -0.39 is 0 Å². The minimum Gasteiger partial charge on any atom is -0.339 e. The molecule has 3 aromatic rings. The number of likely N-dealkylation sites (tertiary alicyclic amines) is 1. The Morgan fingerprint density at radius 1 is 1.32 bits per heavy atom. The molecule has 148 valence electrons. The Balaban J connectivity index is 1.23. The molecule has 4 heterocycles. The summed E-state index contributed by atoms with van der Waals surface area (Å²) in [7, 11) is 0.